The summed E-state index contributed by atoms with van der Waals surface area (Å²) in [6.07, 6.45) is 0.706. The Kier molecular flexibility index (Phi) is 4.24. The van der Waals surface area contributed by atoms with E-state index in [1.807, 2.05) is 32.9 Å². The Balaban J connectivity index is 2.25. The summed E-state index contributed by atoms with van der Waals surface area (Å²) in [5.41, 5.74) is 9.58. The molecular formula is C15H17Cl2NO. The van der Waals surface area contributed by atoms with Crippen LogP contribution >= 0.6 is 23.2 Å². The molecule has 2 rings (SSSR count). The van der Waals surface area contributed by atoms with E-state index < -0.39 is 0 Å². The molecule has 1 heterocycles. The Hall–Kier alpha value is -0.960. The highest BCUT2D eigenvalue weighted by Gasteiger charge is 2.18. The van der Waals surface area contributed by atoms with Crippen molar-refractivity contribution in [3.63, 3.8) is 0 Å². The van der Waals surface area contributed by atoms with Gasteiger partial charge in [0.1, 0.15) is 11.5 Å². The molecule has 0 amide bonds. The Labute approximate surface area is 123 Å². The van der Waals surface area contributed by atoms with Crippen LogP contribution in [0.4, 0.5) is 0 Å². The number of hydrogen-bond donors (Lipinski definition) is 1. The number of halogens is 2. The average Bonchev–Trinajstić information content (AvgIpc) is 2.58. The first-order valence-electron chi connectivity index (χ1n) is 6.16. The van der Waals surface area contributed by atoms with E-state index in [0.29, 0.717) is 16.5 Å². The molecule has 1 unspecified atom stereocenters. The fraction of sp³-hybridized carbons (Fsp3) is 0.333. The lowest BCUT2D eigenvalue weighted by Crippen LogP contribution is -2.14. The third-order valence-electron chi connectivity index (χ3n) is 3.43. The molecule has 102 valence electrons. The molecule has 0 radical (unpaired) electrons. The molecule has 0 aliphatic heterocycles. The van der Waals surface area contributed by atoms with Gasteiger partial charge in [-0.1, -0.05) is 29.3 Å². The SMILES string of the molecule is Cc1oc(C)c(C(N)Cc2ccc(Cl)c(Cl)c2)c1C. The van der Waals surface area contributed by atoms with Gasteiger partial charge in [0.15, 0.2) is 0 Å². The average molecular weight is 298 g/mol. The van der Waals surface area contributed by atoms with Crippen LogP contribution in [0, 0.1) is 20.8 Å². The molecule has 0 spiro atoms. The van der Waals surface area contributed by atoms with Crippen molar-refractivity contribution in [2.24, 2.45) is 5.73 Å². The van der Waals surface area contributed by atoms with Crippen LogP contribution in [0.15, 0.2) is 22.6 Å². The van der Waals surface area contributed by atoms with Crippen LogP contribution in [-0.4, -0.2) is 0 Å². The largest absolute Gasteiger partial charge is 0.466 e. The maximum absolute atomic E-state index is 6.29. The summed E-state index contributed by atoms with van der Waals surface area (Å²) >= 11 is 11.9. The summed E-state index contributed by atoms with van der Waals surface area (Å²) in [5, 5.41) is 1.12. The molecular weight excluding hydrogens is 281 g/mol. The Morgan fingerprint density at radius 2 is 1.79 bits per heavy atom. The molecule has 1 aromatic heterocycles. The van der Waals surface area contributed by atoms with E-state index in [2.05, 4.69) is 0 Å². The highest BCUT2D eigenvalue weighted by atomic mass is 35.5. The van der Waals surface area contributed by atoms with Gasteiger partial charge >= 0.3 is 0 Å². The number of aryl methyl sites for hydroxylation is 2. The molecule has 0 fully saturated rings. The highest BCUT2D eigenvalue weighted by molar-refractivity contribution is 6.42. The third kappa shape index (κ3) is 2.97. The van der Waals surface area contributed by atoms with Crippen LogP contribution in [0.2, 0.25) is 10.0 Å². The minimum Gasteiger partial charge on any atom is -0.466 e. The maximum atomic E-state index is 6.29. The van der Waals surface area contributed by atoms with Crippen LogP contribution in [0.5, 0.6) is 0 Å². The van der Waals surface area contributed by atoms with Gasteiger partial charge in [0.25, 0.3) is 0 Å². The number of nitrogens with two attached hydrogens (primary N) is 1. The summed E-state index contributed by atoms with van der Waals surface area (Å²) in [7, 11) is 0. The van der Waals surface area contributed by atoms with Gasteiger partial charge in [0.05, 0.1) is 10.0 Å². The second-order valence-electron chi connectivity index (χ2n) is 4.81. The Morgan fingerprint density at radius 3 is 2.32 bits per heavy atom. The normalized spacial score (nSPS) is 12.7. The molecule has 0 aliphatic carbocycles. The van der Waals surface area contributed by atoms with Crippen LogP contribution in [-0.2, 0) is 6.42 Å². The first-order valence-corrected chi connectivity index (χ1v) is 6.91. The number of benzene rings is 1. The highest BCUT2D eigenvalue weighted by Crippen LogP contribution is 2.29. The molecule has 1 aromatic carbocycles. The minimum atomic E-state index is -0.102. The zero-order chi connectivity index (χ0) is 14.2. The summed E-state index contributed by atoms with van der Waals surface area (Å²) in [4.78, 5) is 0. The van der Waals surface area contributed by atoms with Crippen LogP contribution < -0.4 is 5.73 Å². The third-order valence-corrected chi connectivity index (χ3v) is 4.17. The molecule has 0 bridgehead atoms. The van der Waals surface area contributed by atoms with Gasteiger partial charge in [-0.25, -0.2) is 0 Å². The molecule has 0 saturated carbocycles. The van der Waals surface area contributed by atoms with Gasteiger partial charge in [-0.2, -0.15) is 0 Å². The number of furan rings is 1. The van der Waals surface area contributed by atoms with E-state index in [-0.39, 0.29) is 6.04 Å². The van der Waals surface area contributed by atoms with Crippen LogP contribution in [0.3, 0.4) is 0 Å². The quantitative estimate of drug-likeness (QED) is 0.887. The first-order chi connectivity index (χ1) is 8.90. The lowest BCUT2D eigenvalue weighted by atomic mass is 9.96. The smallest absolute Gasteiger partial charge is 0.106 e. The monoisotopic (exact) mass is 297 g/mol. The van der Waals surface area contributed by atoms with Crippen molar-refractivity contribution in [3.8, 4) is 0 Å². The molecule has 4 heteroatoms. The van der Waals surface area contributed by atoms with Gasteiger partial charge in [-0.05, 0) is 50.5 Å². The molecule has 19 heavy (non-hydrogen) atoms. The van der Waals surface area contributed by atoms with E-state index in [4.69, 9.17) is 33.4 Å². The van der Waals surface area contributed by atoms with E-state index in [1.54, 1.807) is 6.07 Å². The van der Waals surface area contributed by atoms with Crippen LogP contribution in [0.1, 0.15) is 34.3 Å². The summed E-state index contributed by atoms with van der Waals surface area (Å²) in [5.74, 6) is 1.82. The zero-order valence-electron chi connectivity index (χ0n) is 11.3. The van der Waals surface area contributed by atoms with Crippen molar-refractivity contribution >= 4 is 23.2 Å². The molecule has 1 atom stereocenters. The molecule has 2 N–H and O–H groups in total. The molecule has 2 nitrogen and oxygen atoms in total. The second kappa shape index (κ2) is 5.58. The lowest BCUT2D eigenvalue weighted by Gasteiger charge is -2.13. The van der Waals surface area contributed by atoms with E-state index in [0.717, 1.165) is 28.2 Å². The minimum absolute atomic E-state index is 0.102. The van der Waals surface area contributed by atoms with E-state index in [1.165, 1.54) is 0 Å². The van der Waals surface area contributed by atoms with Crippen LogP contribution in [0.25, 0.3) is 0 Å². The van der Waals surface area contributed by atoms with E-state index >= 15 is 0 Å². The number of hydrogen-bond acceptors (Lipinski definition) is 2. The predicted molar refractivity (Wildman–Crippen MR) is 80.0 cm³/mol. The topological polar surface area (TPSA) is 39.2 Å². The van der Waals surface area contributed by atoms with Gasteiger partial charge in [0.2, 0.25) is 0 Å². The van der Waals surface area contributed by atoms with Crippen molar-refractivity contribution in [1.29, 1.82) is 0 Å². The van der Waals surface area contributed by atoms with Crippen molar-refractivity contribution < 1.29 is 4.42 Å². The molecule has 0 saturated heterocycles. The van der Waals surface area contributed by atoms with Gasteiger partial charge in [0, 0.05) is 11.6 Å². The Morgan fingerprint density at radius 1 is 1.11 bits per heavy atom. The van der Waals surface area contributed by atoms with Gasteiger partial charge in [-0.15, -0.1) is 0 Å². The Bertz CT molecular complexity index is 604. The summed E-state index contributed by atoms with van der Waals surface area (Å²) < 4.78 is 5.62. The molecule has 2 aromatic rings. The fourth-order valence-corrected chi connectivity index (χ4v) is 2.70. The first kappa shape index (κ1) is 14.4. The standard InChI is InChI=1S/C15H17Cl2NO/c1-8-9(2)19-10(3)15(8)14(18)7-11-4-5-12(16)13(17)6-11/h4-6,14H,7,18H2,1-3H3. The summed E-state index contributed by atoms with van der Waals surface area (Å²) in [6.45, 7) is 5.94. The predicted octanol–water partition coefficient (Wildman–Crippen LogP) is 4.75. The van der Waals surface area contributed by atoms with Gasteiger partial charge < -0.3 is 10.2 Å². The van der Waals surface area contributed by atoms with Gasteiger partial charge in [-0.3, -0.25) is 0 Å². The number of rotatable bonds is 3. The maximum Gasteiger partial charge on any atom is 0.106 e. The molecule has 0 aliphatic rings. The van der Waals surface area contributed by atoms with Crippen molar-refractivity contribution in [2.75, 3.05) is 0 Å². The second-order valence-corrected chi connectivity index (χ2v) is 5.63. The fourth-order valence-electron chi connectivity index (χ4n) is 2.38. The van der Waals surface area contributed by atoms with E-state index in [9.17, 15) is 0 Å². The zero-order valence-corrected chi connectivity index (χ0v) is 12.8. The van der Waals surface area contributed by atoms with Crippen molar-refractivity contribution in [2.45, 2.75) is 33.2 Å². The van der Waals surface area contributed by atoms with Crippen molar-refractivity contribution in [3.05, 3.63) is 56.5 Å². The summed E-state index contributed by atoms with van der Waals surface area (Å²) in [6, 6.07) is 5.51. The lowest BCUT2D eigenvalue weighted by molar-refractivity contribution is 0.496. The van der Waals surface area contributed by atoms with Crippen molar-refractivity contribution in [1.82, 2.24) is 0 Å².